The Labute approximate surface area is 158 Å². The molecule has 1 aliphatic heterocycles. The molecule has 1 N–H and O–H groups in total. The average molecular weight is 372 g/mol. The monoisotopic (exact) mass is 372 g/mol. The second kappa shape index (κ2) is 8.57. The van der Waals surface area contributed by atoms with Crippen molar-refractivity contribution in [3.63, 3.8) is 0 Å². The summed E-state index contributed by atoms with van der Waals surface area (Å²) in [7, 11) is 4.65. The number of nitrogens with one attached hydrogen (secondary N) is 1. The Hall–Kier alpha value is -3.03. The highest BCUT2D eigenvalue weighted by molar-refractivity contribution is 5.92. The highest BCUT2D eigenvalue weighted by Gasteiger charge is 2.16. The lowest BCUT2D eigenvalue weighted by Gasteiger charge is -2.15. The molecule has 0 atom stereocenters. The van der Waals surface area contributed by atoms with Crippen LogP contribution in [0.15, 0.2) is 24.3 Å². The molecule has 1 fully saturated rings. The van der Waals surface area contributed by atoms with Crippen molar-refractivity contribution in [2.45, 2.75) is 19.4 Å². The number of methoxy groups -OCH3 is 3. The molecule has 0 saturated carbocycles. The summed E-state index contributed by atoms with van der Waals surface area (Å²) in [5.74, 6) is 2.11. The number of amides is 1. The van der Waals surface area contributed by atoms with Gasteiger partial charge in [-0.15, -0.1) is 10.2 Å². The maximum absolute atomic E-state index is 12.4. The number of carbonyl (C=O) groups is 1. The van der Waals surface area contributed by atoms with Gasteiger partial charge in [-0.3, -0.25) is 4.79 Å². The van der Waals surface area contributed by atoms with Crippen molar-refractivity contribution in [1.29, 1.82) is 0 Å². The summed E-state index contributed by atoms with van der Waals surface area (Å²) in [6.45, 7) is 2.27. The molecular weight excluding hydrogens is 348 g/mol. The number of ether oxygens (including phenoxy) is 3. The zero-order valence-corrected chi connectivity index (χ0v) is 15.8. The largest absolute Gasteiger partial charge is 0.493 e. The van der Waals surface area contributed by atoms with Gasteiger partial charge in [0.1, 0.15) is 0 Å². The first-order chi connectivity index (χ1) is 13.2. The molecule has 1 saturated heterocycles. The van der Waals surface area contributed by atoms with Crippen LogP contribution in [0.3, 0.4) is 0 Å². The van der Waals surface area contributed by atoms with Crippen molar-refractivity contribution in [2.75, 3.05) is 39.3 Å². The van der Waals surface area contributed by atoms with Gasteiger partial charge in [-0.25, -0.2) is 0 Å². The van der Waals surface area contributed by atoms with E-state index in [2.05, 4.69) is 20.4 Å². The van der Waals surface area contributed by atoms with Crippen LogP contribution in [-0.4, -0.2) is 50.5 Å². The van der Waals surface area contributed by atoms with Crippen molar-refractivity contribution in [3.8, 4) is 17.2 Å². The van der Waals surface area contributed by atoms with Crippen LogP contribution < -0.4 is 24.4 Å². The molecule has 0 aliphatic carbocycles. The number of carbonyl (C=O) groups excluding carboxylic acids is 1. The Morgan fingerprint density at radius 3 is 2.22 bits per heavy atom. The number of aromatic nitrogens is 2. The van der Waals surface area contributed by atoms with Crippen LogP contribution in [-0.2, 0) is 6.54 Å². The zero-order chi connectivity index (χ0) is 19.2. The first kappa shape index (κ1) is 18.8. The minimum absolute atomic E-state index is 0.283. The lowest BCUT2D eigenvalue weighted by atomic mass is 10.1. The summed E-state index contributed by atoms with van der Waals surface area (Å²) in [5, 5.41) is 11.1. The molecule has 2 aromatic rings. The van der Waals surface area contributed by atoms with Crippen LogP contribution in [0.5, 0.6) is 17.2 Å². The molecule has 8 heteroatoms. The van der Waals surface area contributed by atoms with Crippen LogP contribution in [0, 0.1) is 0 Å². The number of benzene rings is 1. The maximum Gasteiger partial charge on any atom is 0.272 e. The van der Waals surface area contributed by atoms with Crippen molar-refractivity contribution in [1.82, 2.24) is 15.5 Å². The van der Waals surface area contributed by atoms with E-state index in [1.165, 1.54) is 12.8 Å². The standard InChI is InChI=1S/C19H24N4O4/c1-25-15-10-13(11-16(26-2)18(15)27-3)12-20-19(24)14-6-7-17(22-21-14)23-8-4-5-9-23/h6-7,10-11H,4-5,8-9,12H2,1-3H3,(H,20,24). The molecule has 0 spiro atoms. The molecule has 1 aromatic carbocycles. The van der Waals surface area contributed by atoms with Gasteiger partial charge in [-0.2, -0.15) is 0 Å². The second-order valence-electron chi connectivity index (χ2n) is 6.19. The van der Waals surface area contributed by atoms with Gasteiger partial charge < -0.3 is 24.4 Å². The average Bonchev–Trinajstić information content (AvgIpc) is 3.26. The summed E-state index contributed by atoms with van der Waals surface area (Å²) in [6, 6.07) is 7.13. The maximum atomic E-state index is 12.4. The van der Waals surface area contributed by atoms with Crippen LogP contribution >= 0.6 is 0 Å². The number of anilines is 1. The van der Waals surface area contributed by atoms with Gasteiger partial charge in [0.25, 0.3) is 5.91 Å². The van der Waals surface area contributed by atoms with Crippen molar-refractivity contribution in [3.05, 3.63) is 35.5 Å². The molecule has 1 aromatic heterocycles. The first-order valence-electron chi connectivity index (χ1n) is 8.82. The van der Waals surface area contributed by atoms with E-state index in [1.54, 1.807) is 39.5 Å². The van der Waals surface area contributed by atoms with Gasteiger partial charge in [0, 0.05) is 19.6 Å². The minimum Gasteiger partial charge on any atom is -0.493 e. The van der Waals surface area contributed by atoms with Gasteiger partial charge in [0.05, 0.1) is 21.3 Å². The van der Waals surface area contributed by atoms with E-state index in [9.17, 15) is 4.79 Å². The predicted octanol–water partition coefficient (Wildman–Crippen LogP) is 2.03. The molecule has 1 amide bonds. The Bertz CT molecular complexity index is 764. The normalized spacial score (nSPS) is 13.4. The van der Waals surface area contributed by atoms with E-state index in [1.807, 2.05) is 6.07 Å². The van der Waals surface area contributed by atoms with Gasteiger partial charge in [0.15, 0.2) is 23.0 Å². The van der Waals surface area contributed by atoms with Crippen LogP contribution in [0.2, 0.25) is 0 Å². The molecule has 3 rings (SSSR count). The zero-order valence-electron chi connectivity index (χ0n) is 15.8. The van der Waals surface area contributed by atoms with E-state index in [4.69, 9.17) is 14.2 Å². The molecule has 0 radical (unpaired) electrons. The fraction of sp³-hybridized carbons (Fsp3) is 0.421. The van der Waals surface area contributed by atoms with Crippen molar-refractivity contribution < 1.29 is 19.0 Å². The summed E-state index contributed by atoms with van der Waals surface area (Å²) in [5.41, 5.74) is 1.10. The highest BCUT2D eigenvalue weighted by Crippen LogP contribution is 2.38. The van der Waals surface area contributed by atoms with E-state index in [0.717, 1.165) is 24.5 Å². The Balaban J connectivity index is 1.66. The molecule has 8 nitrogen and oxygen atoms in total. The summed E-state index contributed by atoms with van der Waals surface area (Å²) in [6.07, 6.45) is 2.33. The van der Waals surface area contributed by atoms with Crippen LogP contribution in [0.1, 0.15) is 28.9 Å². The number of rotatable bonds is 7. The molecule has 1 aliphatic rings. The van der Waals surface area contributed by atoms with E-state index in [0.29, 0.717) is 23.8 Å². The fourth-order valence-corrected chi connectivity index (χ4v) is 3.07. The van der Waals surface area contributed by atoms with Gasteiger partial charge in [-0.05, 0) is 42.7 Å². The fourth-order valence-electron chi connectivity index (χ4n) is 3.07. The SMILES string of the molecule is COc1cc(CNC(=O)c2ccc(N3CCCC3)nn2)cc(OC)c1OC. The van der Waals surface area contributed by atoms with Gasteiger partial charge >= 0.3 is 0 Å². The van der Waals surface area contributed by atoms with Crippen molar-refractivity contribution in [2.24, 2.45) is 0 Å². The Kier molecular flexibility index (Phi) is 5.95. The second-order valence-corrected chi connectivity index (χ2v) is 6.19. The number of hydrogen-bond donors (Lipinski definition) is 1. The first-order valence-corrected chi connectivity index (χ1v) is 8.82. The van der Waals surface area contributed by atoms with Gasteiger partial charge in [-0.1, -0.05) is 0 Å². The summed E-state index contributed by atoms with van der Waals surface area (Å²) in [4.78, 5) is 14.5. The predicted molar refractivity (Wildman–Crippen MR) is 101 cm³/mol. The number of nitrogens with zero attached hydrogens (tertiary/aromatic N) is 3. The quantitative estimate of drug-likeness (QED) is 0.796. The third kappa shape index (κ3) is 4.21. The topological polar surface area (TPSA) is 85.8 Å². The smallest absolute Gasteiger partial charge is 0.272 e. The van der Waals surface area contributed by atoms with Crippen LogP contribution in [0.25, 0.3) is 0 Å². The Morgan fingerprint density at radius 1 is 1.04 bits per heavy atom. The summed E-state index contributed by atoms with van der Waals surface area (Å²) < 4.78 is 16.0. The lowest BCUT2D eigenvalue weighted by Crippen LogP contribution is -2.25. The van der Waals surface area contributed by atoms with E-state index >= 15 is 0 Å². The molecule has 2 heterocycles. The molecule has 0 bridgehead atoms. The molecular formula is C19H24N4O4. The minimum atomic E-state index is -0.288. The lowest BCUT2D eigenvalue weighted by molar-refractivity contribution is 0.0945. The molecule has 27 heavy (non-hydrogen) atoms. The van der Waals surface area contributed by atoms with Crippen LogP contribution in [0.4, 0.5) is 5.82 Å². The van der Waals surface area contributed by atoms with Gasteiger partial charge in [0.2, 0.25) is 5.75 Å². The molecule has 144 valence electrons. The van der Waals surface area contributed by atoms with E-state index < -0.39 is 0 Å². The summed E-state index contributed by atoms with van der Waals surface area (Å²) >= 11 is 0. The molecule has 0 unspecified atom stereocenters. The Morgan fingerprint density at radius 2 is 1.70 bits per heavy atom. The third-order valence-electron chi connectivity index (χ3n) is 4.49. The van der Waals surface area contributed by atoms with E-state index in [-0.39, 0.29) is 11.6 Å². The van der Waals surface area contributed by atoms with Crippen molar-refractivity contribution >= 4 is 11.7 Å². The number of hydrogen-bond acceptors (Lipinski definition) is 7. The third-order valence-corrected chi connectivity index (χ3v) is 4.49. The highest BCUT2D eigenvalue weighted by atomic mass is 16.5.